The van der Waals surface area contributed by atoms with Crippen LogP contribution < -0.4 is 0 Å². The van der Waals surface area contributed by atoms with Crippen LogP contribution in [-0.4, -0.2) is 6.29 Å². The van der Waals surface area contributed by atoms with E-state index in [1.165, 1.54) is 0 Å². The van der Waals surface area contributed by atoms with Crippen LogP contribution >= 0.6 is 27.3 Å². The molecule has 0 amide bonds. The second-order valence-corrected chi connectivity index (χ2v) is 4.70. The zero-order valence-electron chi connectivity index (χ0n) is 7.24. The van der Waals surface area contributed by atoms with E-state index in [-0.39, 0.29) is 0 Å². The maximum absolute atomic E-state index is 10.5. The molecule has 0 N–H and O–H groups in total. The lowest BCUT2D eigenvalue weighted by atomic mass is 10.2. The third-order valence-corrected chi connectivity index (χ3v) is 3.41. The fourth-order valence-electron chi connectivity index (χ4n) is 1.18. The number of benzene rings is 1. The molecule has 0 atom stereocenters. The van der Waals surface area contributed by atoms with Crippen LogP contribution in [0.5, 0.6) is 0 Å². The third-order valence-electron chi connectivity index (χ3n) is 1.88. The number of rotatable bonds is 2. The normalized spacial score (nSPS) is 10.1. The first-order chi connectivity index (χ1) is 6.79. The molecular formula is C11H7BrOS. The highest BCUT2D eigenvalue weighted by Crippen LogP contribution is 2.27. The summed E-state index contributed by atoms with van der Waals surface area (Å²) in [5.41, 5.74) is 1.89. The molecule has 0 unspecified atom stereocenters. The van der Waals surface area contributed by atoms with Crippen LogP contribution in [0.3, 0.4) is 0 Å². The minimum atomic E-state index is 0.743. The van der Waals surface area contributed by atoms with Gasteiger partial charge in [-0.25, -0.2) is 0 Å². The zero-order chi connectivity index (χ0) is 9.97. The number of hydrogen-bond acceptors (Lipinski definition) is 2. The molecule has 2 rings (SSSR count). The van der Waals surface area contributed by atoms with Gasteiger partial charge in [-0.2, -0.15) is 0 Å². The Balaban J connectivity index is 2.39. The molecule has 1 nitrogen and oxygen atoms in total. The van der Waals surface area contributed by atoms with Crippen LogP contribution in [0.2, 0.25) is 0 Å². The Hall–Kier alpha value is -0.930. The highest BCUT2D eigenvalue weighted by atomic mass is 79.9. The average Bonchev–Trinajstić information content (AvgIpc) is 2.67. The summed E-state index contributed by atoms with van der Waals surface area (Å²) in [5.74, 6) is 0. The molecule has 70 valence electrons. The molecule has 0 radical (unpaired) electrons. The number of halogens is 1. The molecule has 0 aliphatic heterocycles. The van der Waals surface area contributed by atoms with Gasteiger partial charge in [0, 0.05) is 20.3 Å². The largest absolute Gasteiger partial charge is 0.298 e. The van der Waals surface area contributed by atoms with E-state index in [1.54, 1.807) is 11.3 Å². The predicted molar refractivity (Wildman–Crippen MR) is 62.8 cm³/mol. The first kappa shape index (κ1) is 9.62. The van der Waals surface area contributed by atoms with Crippen molar-refractivity contribution in [2.45, 2.75) is 0 Å². The Labute approximate surface area is 94.5 Å². The van der Waals surface area contributed by atoms with Gasteiger partial charge in [-0.3, -0.25) is 4.79 Å². The Bertz CT molecular complexity index is 445. The van der Waals surface area contributed by atoms with Gasteiger partial charge in [0.05, 0.1) is 0 Å². The summed E-state index contributed by atoms with van der Waals surface area (Å²) < 4.78 is 1.06. The molecule has 14 heavy (non-hydrogen) atoms. The van der Waals surface area contributed by atoms with Crippen molar-refractivity contribution in [3.8, 4) is 10.4 Å². The monoisotopic (exact) mass is 266 g/mol. The second-order valence-electron chi connectivity index (χ2n) is 2.87. The van der Waals surface area contributed by atoms with Gasteiger partial charge >= 0.3 is 0 Å². The van der Waals surface area contributed by atoms with Crippen molar-refractivity contribution in [1.82, 2.24) is 0 Å². The van der Waals surface area contributed by atoms with Crippen molar-refractivity contribution in [3.63, 3.8) is 0 Å². The first-order valence-corrected chi connectivity index (χ1v) is 5.76. The molecule has 0 bridgehead atoms. The second kappa shape index (κ2) is 4.07. The molecule has 1 aromatic heterocycles. The summed E-state index contributed by atoms with van der Waals surface area (Å²) in [6.07, 6.45) is 0.874. The van der Waals surface area contributed by atoms with Crippen molar-refractivity contribution in [1.29, 1.82) is 0 Å². The molecular weight excluding hydrogens is 260 g/mol. The summed E-state index contributed by atoms with van der Waals surface area (Å²) in [7, 11) is 0. The van der Waals surface area contributed by atoms with Gasteiger partial charge in [-0.05, 0) is 23.8 Å². The molecule has 0 aliphatic carbocycles. The molecule has 0 saturated heterocycles. The van der Waals surface area contributed by atoms with E-state index in [0.29, 0.717) is 0 Å². The lowest BCUT2D eigenvalue weighted by Crippen LogP contribution is -1.72. The molecule has 0 spiro atoms. The molecule has 0 fully saturated rings. The van der Waals surface area contributed by atoms with Crippen LogP contribution in [0.1, 0.15) is 10.4 Å². The molecule has 0 aliphatic rings. The quantitative estimate of drug-likeness (QED) is 0.752. The summed E-state index contributed by atoms with van der Waals surface area (Å²) in [5, 5.41) is 1.87. The maximum atomic E-state index is 10.5. The minimum Gasteiger partial charge on any atom is -0.298 e. The fourth-order valence-corrected chi connectivity index (χ4v) is 2.31. The van der Waals surface area contributed by atoms with Crippen molar-refractivity contribution in [3.05, 3.63) is 45.7 Å². The van der Waals surface area contributed by atoms with Crippen molar-refractivity contribution < 1.29 is 4.79 Å². The lowest BCUT2D eigenvalue weighted by molar-refractivity contribution is 0.112. The van der Waals surface area contributed by atoms with Gasteiger partial charge in [0.15, 0.2) is 6.29 Å². The van der Waals surface area contributed by atoms with E-state index in [0.717, 1.165) is 26.8 Å². The van der Waals surface area contributed by atoms with Crippen LogP contribution in [0.25, 0.3) is 10.4 Å². The van der Waals surface area contributed by atoms with E-state index in [9.17, 15) is 4.79 Å². The van der Waals surface area contributed by atoms with Crippen LogP contribution in [-0.2, 0) is 0 Å². The molecule has 2 aromatic rings. The highest BCUT2D eigenvalue weighted by molar-refractivity contribution is 9.10. The molecule has 1 heterocycles. The maximum Gasteiger partial charge on any atom is 0.150 e. The lowest BCUT2D eigenvalue weighted by Gasteiger charge is -1.96. The average molecular weight is 267 g/mol. The van der Waals surface area contributed by atoms with Crippen molar-refractivity contribution in [2.75, 3.05) is 0 Å². The Morgan fingerprint density at radius 3 is 2.50 bits per heavy atom. The minimum absolute atomic E-state index is 0.743. The van der Waals surface area contributed by atoms with Crippen molar-refractivity contribution in [2.24, 2.45) is 0 Å². The standard InChI is InChI=1S/C11H7BrOS/c12-10-3-1-9(2-4-10)11-5-8(6-13)7-14-11/h1-7H. The van der Waals surface area contributed by atoms with E-state index in [4.69, 9.17) is 0 Å². The van der Waals surface area contributed by atoms with E-state index >= 15 is 0 Å². The highest BCUT2D eigenvalue weighted by Gasteiger charge is 2.01. The van der Waals surface area contributed by atoms with Gasteiger partial charge in [0.25, 0.3) is 0 Å². The Kier molecular flexibility index (Phi) is 2.79. The third kappa shape index (κ3) is 1.94. The topological polar surface area (TPSA) is 17.1 Å². The number of hydrogen-bond donors (Lipinski definition) is 0. The summed E-state index contributed by atoms with van der Waals surface area (Å²) in [6, 6.07) is 9.96. The van der Waals surface area contributed by atoms with E-state index < -0.39 is 0 Å². The van der Waals surface area contributed by atoms with Crippen LogP contribution in [0.15, 0.2) is 40.2 Å². The fraction of sp³-hybridized carbons (Fsp3) is 0. The number of carbonyl (C=O) groups excluding carboxylic acids is 1. The summed E-state index contributed by atoms with van der Waals surface area (Å²) >= 11 is 4.97. The number of carbonyl (C=O) groups is 1. The molecule has 1 aromatic carbocycles. The van der Waals surface area contributed by atoms with Crippen molar-refractivity contribution >= 4 is 33.6 Å². The summed E-state index contributed by atoms with van der Waals surface area (Å²) in [4.78, 5) is 11.6. The first-order valence-electron chi connectivity index (χ1n) is 4.09. The number of aldehydes is 1. The SMILES string of the molecule is O=Cc1csc(-c2ccc(Br)cc2)c1. The van der Waals surface area contributed by atoms with Gasteiger partial charge in [0.1, 0.15) is 0 Å². The smallest absolute Gasteiger partial charge is 0.150 e. The van der Waals surface area contributed by atoms with Gasteiger partial charge in [-0.1, -0.05) is 28.1 Å². The van der Waals surface area contributed by atoms with Gasteiger partial charge < -0.3 is 0 Å². The molecule has 3 heteroatoms. The molecule has 0 saturated carbocycles. The van der Waals surface area contributed by atoms with Crippen LogP contribution in [0.4, 0.5) is 0 Å². The van der Waals surface area contributed by atoms with Gasteiger partial charge in [-0.15, -0.1) is 11.3 Å². The zero-order valence-corrected chi connectivity index (χ0v) is 9.64. The predicted octanol–water partition coefficient (Wildman–Crippen LogP) is 3.99. The Morgan fingerprint density at radius 1 is 1.21 bits per heavy atom. The summed E-state index contributed by atoms with van der Waals surface area (Å²) in [6.45, 7) is 0. The van der Waals surface area contributed by atoms with E-state index in [1.807, 2.05) is 35.7 Å². The van der Waals surface area contributed by atoms with Crippen LogP contribution in [0, 0.1) is 0 Å². The van der Waals surface area contributed by atoms with E-state index in [2.05, 4.69) is 15.9 Å². The van der Waals surface area contributed by atoms with Gasteiger partial charge in [0.2, 0.25) is 0 Å². The Morgan fingerprint density at radius 2 is 1.93 bits per heavy atom. The number of thiophene rings is 1.